The second-order valence-electron chi connectivity index (χ2n) is 2.22. The van der Waals surface area contributed by atoms with E-state index in [1.165, 1.54) is 0 Å². The first-order chi connectivity index (χ1) is 6.35. The van der Waals surface area contributed by atoms with Crippen LogP contribution in [0.5, 0.6) is 11.7 Å². The first kappa shape index (κ1) is 11.0. The van der Waals surface area contributed by atoms with Crippen molar-refractivity contribution in [3.05, 3.63) is 11.6 Å². The SMILES string of the molecule is O=P(O)(O)Oc1oc(CO)c(O)c1F. The number of phosphoric ester groups is 1. The average Bonchev–Trinajstić information content (AvgIpc) is 2.30. The molecule has 0 aliphatic heterocycles. The van der Waals surface area contributed by atoms with Crippen LogP contribution >= 0.6 is 7.82 Å². The Balaban J connectivity index is 3.05. The summed E-state index contributed by atoms with van der Waals surface area (Å²) in [5.74, 6) is -4.26. The smallest absolute Gasteiger partial charge is 0.502 e. The minimum Gasteiger partial charge on any atom is -0.502 e. The van der Waals surface area contributed by atoms with E-state index in [9.17, 15) is 8.96 Å². The van der Waals surface area contributed by atoms with Crippen molar-refractivity contribution >= 4 is 7.82 Å². The highest BCUT2D eigenvalue weighted by Crippen LogP contribution is 2.43. The van der Waals surface area contributed by atoms with Gasteiger partial charge >= 0.3 is 13.8 Å². The maximum atomic E-state index is 12.8. The summed E-state index contributed by atoms with van der Waals surface area (Å²) in [7, 11) is -4.96. The number of halogens is 1. The number of aliphatic hydroxyl groups is 1. The fraction of sp³-hybridized carbons (Fsp3) is 0.200. The highest BCUT2D eigenvalue weighted by atomic mass is 31.2. The molecule has 9 heteroatoms. The third-order valence-corrected chi connectivity index (χ3v) is 1.62. The summed E-state index contributed by atoms with van der Waals surface area (Å²) in [6, 6.07) is 0. The Morgan fingerprint density at radius 3 is 2.43 bits per heavy atom. The number of hydrogen-bond acceptors (Lipinski definition) is 5. The van der Waals surface area contributed by atoms with E-state index in [2.05, 4.69) is 8.94 Å². The minimum atomic E-state index is -4.96. The van der Waals surface area contributed by atoms with Crippen LogP contribution in [0.4, 0.5) is 4.39 Å². The Labute approximate surface area is 76.6 Å². The molecule has 0 aliphatic carbocycles. The van der Waals surface area contributed by atoms with E-state index in [0.29, 0.717) is 0 Å². The van der Waals surface area contributed by atoms with Crippen molar-refractivity contribution in [1.82, 2.24) is 0 Å². The molecule has 0 amide bonds. The Morgan fingerprint density at radius 1 is 1.50 bits per heavy atom. The predicted molar refractivity (Wildman–Crippen MR) is 38.9 cm³/mol. The molecule has 0 unspecified atom stereocenters. The lowest BCUT2D eigenvalue weighted by molar-refractivity contribution is 0.213. The van der Waals surface area contributed by atoms with Crippen molar-refractivity contribution in [2.75, 3.05) is 0 Å². The Morgan fingerprint density at radius 2 is 2.07 bits per heavy atom. The zero-order valence-electron chi connectivity index (χ0n) is 6.55. The lowest BCUT2D eigenvalue weighted by Gasteiger charge is -2.01. The third-order valence-electron chi connectivity index (χ3n) is 1.21. The van der Waals surface area contributed by atoms with E-state index in [-0.39, 0.29) is 0 Å². The van der Waals surface area contributed by atoms with Crippen LogP contribution in [0.3, 0.4) is 0 Å². The molecule has 0 spiro atoms. The molecule has 1 aromatic heterocycles. The number of aromatic hydroxyl groups is 1. The molecular weight excluding hydrogens is 222 g/mol. The van der Waals surface area contributed by atoms with Gasteiger partial charge in [0.1, 0.15) is 6.61 Å². The Hall–Kier alpha value is -1.08. The van der Waals surface area contributed by atoms with E-state index in [4.69, 9.17) is 20.0 Å². The number of rotatable bonds is 3. The fourth-order valence-corrected chi connectivity index (χ4v) is 1.03. The van der Waals surface area contributed by atoms with Gasteiger partial charge in [0, 0.05) is 0 Å². The van der Waals surface area contributed by atoms with Crippen LogP contribution in [-0.4, -0.2) is 20.0 Å². The van der Waals surface area contributed by atoms with Crippen molar-refractivity contribution in [3.63, 3.8) is 0 Å². The summed E-state index contributed by atoms with van der Waals surface area (Å²) in [6.45, 7) is -0.826. The van der Waals surface area contributed by atoms with Crippen LogP contribution in [0.15, 0.2) is 4.42 Å². The van der Waals surface area contributed by atoms with Gasteiger partial charge in [-0.1, -0.05) is 0 Å². The molecule has 14 heavy (non-hydrogen) atoms. The standard InChI is InChI=1S/C5H6FO7P/c6-3-4(8)2(1-7)12-5(3)13-14(9,10)11/h7-8H,1H2,(H2,9,10,11). The molecular formula is C5H6FO7P. The van der Waals surface area contributed by atoms with Gasteiger partial charge in [-0.15, -0.1) is 0 Å². The molecule has 1 rings (SSSR count). The largest absolute Gasteiger partial charge is 0.527 e. The maximum Gasteiger partial charge on any atom is 0.527 e. The Bertz CT molecular complexity index is 380. The Kier molecular flexibility index (Phi) is 2.81. The van der Waals surface area contributed by atoms with Gasteiger partial charge in [-0.2, -0.15) is 4.39 Å². The van der Waals surface area contributed by atoms with Crippen LogP contribution in [0.25, 0.3) is 0 Å². The molecule has 4 N–H and O–H groups in total. The number of phosphoric acid groups is 1. The second-order valence-corrected chi connectivity index (χ2v) is 3.38. The topological polar surface area (TPSA) is 120 Å². The van der Waals surface area contributed by atoms with E-state index in [1.807, 2.05) is 0 Å². The van der Waals surface area contributed by atoms with Crippen molar-refractivity contribution < 1.29 is 37.9 Å². The summed E-state index contributed by atoms with van der Waals surface area (Å²) in [5.41, 5.74) is 0. The molecule has 0 bridgehead atoms. The monoisotopic (exact) mass is 228 g/mol. The van der Waals surface area contributed by atoms with Crippen LogP contribution < -0.4 is 4.52 Å². The van der Waals surface area contributed by atoms with E-state index in [0.717, 1.165) is 0 Å². The number of furan rings is 1. The van der Waals surface area contributed by atoms with Gasteiger partial charge in [0.25, 0.3) is 0 Å². The van der Waals surface area contributed by atoms with Crippen LogP contribution in [0, 0.1) is 5.82 Å². The summed E-state index contributed by atoms with van der Waals surface area (Å²) >= 11 is 0. The summed E-state index contributed by atoms with van der Waals surface area (Å²) in [6.07, 6.45) is 0. The predicted octanol–water partition coefficient (Wildman–Crippen LogP) is 0.0881. The zero-order valence-corrected chi connectivity index (χ0v) is 7.44. The van der Waals surface area contributed by atoms with Gasteiger partial charge < -0.3 is 19.2 Å². The van der Waals surface area contributed by atoms with Gasteiger partial charge in [0.05, 0.1) is 0 Å². The minimum absolute atomic E-state index is 0.578. The molecule has 1 aromatic rings. The third kappa shape index (κ3) is 2.24. The van der Waals surface area contributed by atoms with Crippen LogP contribution in [-0.2, 0) is 11.2 Å². The number of hydrogen-bond donors (Lipinski definition) is 4. The molecule has 80 valence electrons. The average molecular weight is 228 g/mol. The van der Waals surface area contributed by atoms with Gasteiger partial charge in [-0.05, 0) is 0 Å². The highest BCUT2D eigenvalue weighted by molar-refractivity contribution is 7.46. The maximum absolute atomic E-state index is 12.8. The van der Waals surface area contributed by atoms with Crippen molar-refractivity contribution in [2.24, 2.45) is 0 Å². The lowest BCUT2D eigenvalue weighted by atomic mass is 10.4. The van der Waals surface area contributed by atoms with E-state index < -0.39 is 37.7 Å². The van der Waals surface area contributed by atoms with Crippen LogP contribution in [0.1, 0.15) is 5.76 Å². The summed E-state index contributed by atoms with van der Waals surface area (Å²) < 4.78 is 31.1. The highest BCUT2D eigenvalue weighted by Gasteiger charge is 2.27. The first-order valence-corrected chi connectivity index (χ1v) is 4.74. The van der Waals surface area contributed by atoms with Gasteiger partial charge in [0.15, 0.2) is 5.76 Å². The van der Waals surface area contributed by atoms with Gasteiger partial charge in [-0.3, -0.25) is 9.79 Å². The van der Waals surface area contributed by atoms with Gasteiger partial charge in [-0.25, -0.2) is 4.57 Å². The zero-order chi connectivity index (χ0) is 10.9. The first-order valence-electron chi connectivity index (χ1n) is 3.21. The summed E-state index contributed by atoms with van der Waals surface area (Å²) in [5, 5.41) is 17.3. The molecule has 0 atom stereocenters. The fourth-order valence-electron chi connectivity index (χ4n) is 0.698. The molecule has 0 aromatic carbocycles. The molecule has 0 fully saturated rings. The second kappa shape index (κ2) is 3.58. The lowest BCUT2D eigenvalue weighted by Crippen LogP contribution is -1.90. The van der Waals surface area contributed by atoms with Crippen LogP contribution in [0.2, 0.25) is 0 Å². The number of aliphatic hydroxyl groups excluding tert-OH is 1. The van der Waals surface area contributed by atoms with Gasteiger partial charge in [0.2, 0.25) is 11.6 Å². The summed E-state index contributed by atoms with van der Waals surface area (Å²) in [4.78, 5) is 16.6. The molecule has 0 saturated carbocycles. The molecule has 1 heterocycles. The molecule has 0 saturated heterocycles. The van der Waals surface area contributed by atoms with Crippen molar-refractivity contribution in [1.29, 1.82) is 0 Å². The molecule has 0 aliphatic rings. The molecule has 0 radical (unpaired) electrons. The van der Waals surface area contributed by atoms with Crippen molar-refractivity contribution in [3.8, 4) is 11.7 Å². The van der Waals surface area contributed by atoms with E-state index >= 15 is 0 Å². The normalized spacial score (nSPS) is 11.7. The molecule has 7 nitrogen and oxygen atoms in total. The van der Waals surface area contributed by atoms with Crippen molar-refractivity contribution in [2.45, 2.75) is 6.61 Å². The quantitative estimate of drug-likeness (QED) is 0.541. The van der Waals surface area contributed by atoms with E-state index in [1.54, 1.807) is 0 Å².